The predicted molar refractivity (Wildman–Crippen MR) is 88.3 cm³/mol. The van der Waals surface area contributed by atoms with Gasteiger partial charge in [0.05, 0.1) is 12.5 Å². The van der Waals surface area contributed by atoms with Crippen molar-refractivity contribution in [2.75, 3.05) is 12.4 Å². The molecule has 20 heavy (non-hydrogen) atoms. The van der Waals surface area contributed by atoms with Crippen molar-refractivity contribution in [3.63, 3.8) is 0 Å². The summed E-state index contributed by atoms with van der Waals surface area (Å²) >= 11 is 5.20. The number of hydrogen-bond donors (Lipinski definition) is 2. The normalized spacial score (nSPS) is 11.9. The number of carbonyl (C=O) groups is 1. The van der Waals surface area contributed by atoms with Crippen LogP contribution in [-0.2, 0) is 11.2 Å². The maximum atomic E-state index is 11.3. The summed E-state index contributed by atoms with van der Waals surface area (Å²) in [6.07, 6.45) is 0.421. The Morgan fingerprint density at radius 2 is 2.05 bits per heavy atom. The molecule has 1 atom stereocenters. The second-order valence-electron chi connectivity index (χ2n) is 4.58. The van der Waals surface area contributed by atoms with Crippen molar-refractivity contribution in [1.29, 1.82) is 0 Å². The van der Waals surface area contributed by atoms with Crippen molar-refractivity contribution >= 4 is 38.9 Å². The molecule has 0 saturated carbocycles. The van der Waals surface area contributed by atoms with Gasteiger partial charge in [0.25, 0.3) is 0 Å². The van der Waals surface area contributed by atoms with E-state index in [2.05, 4.69) is 44.9 Å². The Labute approximate surface area is 131 Å². The predicted octanol–water partition coefficient (Wildman–Crippen LogP) is 3.97. The molecule has 5 heteroatoms. The van der Waals surface area contributed by atoms with Gasteiger partial charge < -0.3 is 10.6 Å². The van der Waals surface area contributed by atoms with Gasteiger partial charge in [0.2, 0.25) is 5.91 Å². The molecule has 3 nitrogen and oxygen atoms in total. The number of anilines is 1. The van der Waals surface area contributed by atoms with Crippen molar-refractivity contribution < 1.29 is 4.79 Å². The number of likely N-dealkylation sites (N-methyl/N-ethyl adjacent to an activating group) is 1. The van der Waals surface area contributed by atoms with Gasteiger partial charge in [0.15, 0.2) is 0 Å². The number of hydrogen-bond acceptors (Lipinski definition) is 3. The van der Waals surface area contributed by atoms with Crippen molar-refractivity contribution in [1.82, 2.24) is 5.32 Å². The van der Waals surface area contributed by atoms with Crippen LogP contribution in [0.1, 0.15) is 23.4 Å². The second kappa shape index (κ2) is 6.90. The van der Waals surface area contributed by atoms with Crippen LogP contribution in [0.2, 0.25) is 0 Å². The minimum atomic E-state index is 0.0301. The molecule has 0 spiro atoms. The van der Waals surface area contributed by atoms with Crippen LogP contribution in [0.4, 0.5) is 5.69 Å². The van der Waals surface area contributed by atoms with Gasteiger partial charge in [-0.25, -0.2) is 0 Å². The van der Waals surface area contributed by atoms with E-state index < -0.39 is 0 Å². The molecule has 106 valence electrons. The molecule has 0 saturated heterocycles. The molecular weight excluding hydrogens is 336 g/mol. The van der Waals surface area contributed by atoms with E-state index in [9.17, 15) is 4.79 Å². The first kappa shape index (κ1) is 15.1. The molecular formula is C15H17BrN2OS. The SMILES string of the molecule is CNC(=O)Cc1ccc(NC(C)c2cc(Br)cs2)cc1. The highest BCUT2D eigenvalue weighted by Gasteiger charge is 2.08. The van der Waals surface area contributed by atoms with E-state index in [0.29, 0.717) is 6.42 Å². The summed E-state index contributed by atoms with van der Waals surface area (Å²) in [7, 11) is 1.65. The van der Waals surface area contributed by atoms with Gasteiger partial charge in [-0.2, -0.15) is 0 Å². The molecule has 0 fully saturated rings. The maximum absolute atomic E-state index is 11.3. The first-order valence-corrected chi connectivity index (χ1v) is 8.05. The topological polar surface area (TPSA) is 41.1 Å². The lowest BCUT2D eigenvalue weighted by Crippen LogP contribution is -2.19. The highest BCUT2D eigenvalue weighted by Crippen LogP contribution is 2.27. The van der Waals surface area contributed by atoms with E-state index in [1.807, 2.05) is 24.3 Å². The molecule has 1 aromatic heterocycles. The maximum Gasteiger partial charge on any atom is 0.224 e. The van der Waals surface area contributed by atoms with Crippen molar-refractivity contribution in [3.8, 4) is 0 Å². The molecule has 1 unspecified atom stereocenters. The zero-order chi connectivity index (χ0) is 14.5. The van der Waals surface area contributed by atoms with Crippen LogP contribution in [0.15, 0.2) is 40.2 Å². The van der Waals surface area contributed by atoms with Gasteiger partial charge in [0.1, 0.15) is 0 Å². The van der Waals surface area contributed by atoms with E-state index in [1.54, 1.807) is 18.4 Å². The van der Waals surface area contributed by atoms with E-state index in [-0.39, 0.29) is 11.9 Å². The third-order valence-corrected chi connectivity index (χ3v) is 4.87. The average molecular weight is 353 g/mol. The Hall–Kier alpha value is -1.33. The van der Waals surface area contributed by atoms with Gasteiger partial charge in [-0.3, -0.25) is 4.79 Å². The Morgan fingerprint density at radius 1 is 1.35 bits per heavy atom. The van der Waals surface area contributed by atoms with Crippen LogP contribution in [-0.4, -0.2) is 13.0 Å². The zero-order valence-corrected chi connectivity index (χ0v) is 13.8. The summed E-state index contributed by atoms with van der Waals surface area (Å²) in [5, 5.41) is 8.16. The summed E-state index contributed by atoms with van der Waals surface area (Å²) in [5.41, 5.74) is 2.07. The summed E-state index contributed by atoms with van der Waals surface area (Å²) in [6, 6.07) is 10.4. The van der Waals surface area contributed by atoms with Crippen LogP contribution in [0.5, 0.6) is 0 Å². The molecule has 1 aromatic carbocycles. The number of amides is 1. The van der Waals surface area contributed by atoms with Gasteiger partial charge in [-0.05, 0) is 46.6 Å². The quantitative estimate of drug-likeness (QED) is 0.854. The van der Waals surface area contributed by atoms with Crippen LogP contribution in [0.25, 0.3) is 0 Å². The minimum Gasteiger partial charge on any atom is -0.378 e. The smallest absolute Gasteiger partial charge is 0.224 e. The third kappa shape index (κ3) is 4.08. The minimum absolute atomic E-state index is 0.0301. The Morgan fingerprint density at radius 3 is 2.60 bits per heavy atom. The molecule has 2 N–H and O–H groups in total. The average Bonchev–Trinajstić information content (AvgIpc) is 2.87. The summed E-state index contributed by atoms with van der Waals surface area (Å²) < 4.78 is 1.12. The number of carbonyl (C=O) groups excluding carboxylic acids is 1. The third-order valence-electron chi connectivity index (χ3n) is 3.00. The summed E-state index contributed by atoms with van der Waals surface area (Å²) in [5.74, 6) is 0.0301. The largest absolute Gasteiger partial charge is 0.378 e. The van der Waals surface area contributed by atoms with Crippen molar-refractivity contribution in [2.45, 2.75) is 19.4 Å². The molecule has 2 rings (SSSR count). The molecule has 2 aromatic rings. The van der Waals surface area contributed by atoms with E-state index in [0.717, 1.165) is 15.7 Å². The Balaban J connectivity index is 1.98. The van der Waals surface area contributed by atoms with Crippen LogP contribution in [0, 0.1) is 0 Å². The van der Waals surface area contributed by atoms with E-state index in [4.69, 9.17) is 0 Å². The number of rotatable bonds is 5. The summed E-state index contributed by atoms with van der Waals surface area (Å²) in [6.45, 7) is 2.14. The zero-order valence-electron chi connectivity index (χ0n) is 11.4. The van der Waals surface area contributed by atoms with Crippen LogP contribution < -0.4 is 10.6 Å². The number of halogens is 1. The van der Waals surface area contributed by atoms with Crippen LogP contribution in [0.3, 0.4) is 0 Å². The Bertz CT molecular complexity index is 580. The Kier molecular flexibility index (Phi) is 5.20. The van der Waals surface area contributed by atoms with Gasteiger partial charge in [0, 0.05) is 27.5 Å². The van der Waals surface area contributed by atoms with Gasteiger partial charge in [-0.1, -0.05) is 12.1 Å². The molecule has 0 aliphatic carbocycles. The van der Waals surface area contributed by atoms with E-state index in [1.165, 1.54) is 4.88 Å². The monoisotopic (exact) mass is 352 g/mol. The second-order valence-corrected chi connectivity index (χ2v) is 6.44. The number of benzene rings is 1. The molecule has 0 aliphatic rings. The molecule has 0 aliphatic heterocycles. The highest BCUT2D eigenvalue weighted by atomic mass is 79.9. The first-order chi connectivity index (χ1) is 9.58. The number of thiophene rings is 1. The first-order valence-electron chi connectivity index (χ1n) is 6.38. The fraction of sp³-hybridized carbons (Fsp3) is 0.267. The van der Waals surface area contributed by atoms with Crippen LogP contribution >= 0.6 is 27.3 Å². The molecule has 0 bridgehead atoms. The van der Waals surface area contributed by atoms with Gasteiger partial charge in [-0.15, -0.1) is 11.3 Å². The van der Waals surface area contributed by atoms with Gasteiger partial charge >= 0.3 is 0 Å². The highest BCUT2D eigenvalue weighted by molar-refractivity contribution is 9.10. The lowest BCUT2D eigenvalue weighted by molar-refractivity contribution is -0.119. The lowest BCUT2D eigenvalue weighted by Gasteiger charge is -2.14. The standard InChI is InChI=1S/C15H17BrN2OS/c1-10(14-8-12(16)9-20-14)18-13-5-3-11(4-6-13)7-15(19)17-2/h3-6,8-10,18H,7H2,1-2H3,(H,17,19). The fourth-order valence-corrected chi connectivity index (χ4v) is 3.32. The molecule has 0 radical (unpaired) electrons. The molecule has 1 amide bonds. The molecule has 1 heterocycles. The lowest BCUT2D eigenvalue weighted by atomic mass is 10.1. The summed E-state index contributed by atoms with van der Waals surface area (Å²) in [4.78, 5) is 12.6. The fourth-order valence-electron chi connectivity index (χ4n) is 1.87. The van der Waals surface area contributed by atoms with Crippen molar-refractivity contribution in [3.05, 3.63) is 50.6 Å². The van der Waals surface area contributed by atoms with E-state index >= 15 is 0 Å². The number of nitrogens with one attached hydrogen (secondary N) is 2. The van der Waals surface area contributed by atoms with Crippen molar-refractivity contribution in [2.24, 2.45) is 0 Å².